The molecule has 0 radical (unpaired) electrons. The zero-order valence-corrected chi connectivity index (χ0v) is 9.98. The second kappa shape index (κ2) is 11.7. The molecule has 0 N–H and O–H groups in total. The van der Waals surface area contributed by atoms with Crippen LogP contribution in [0, 0.1) is 0 Å². The van der Waals surface area contributed by atoms with Gasteiger partial charge in [-0.2, -0.15) is 0 Å². The van der Waals surface area contributed by atoms with Crippen molar-refractivity contribution in [1.29, 1.82) is 0 Å². The standard InChI is InChI=1S/C9H14.2ClH.Pd/c1-2-4-6-8-9-7-5-3-1;;;/h1-2,7,9H,3-6,8H2;2*1H;/q;;;+2/p-2. The minimum atomic E-state index is -0.106. The van der Waals surface area contributed by atoms with Crippen LogP contribution >= 0.6 is 19.1 Å². The van der Waals surface area contributed by atoms with Crippen LogP contribution in [0.5, 0.6) is 0 Å². The molecule has 0 aromatic rings. The Kier molecular flexibility index (Phi) is 12.4. The van der Waals surface area contributed by atoms with Gasteiger partial charge >= 0.3 is 35.0 Å². The Balaban J connectivity index is 0.000000354. The average Bonchev–Trinajstić information content (AvgIpc) is 2.19. The fraction of sp³-hybridized carbons (Fsp3) is 0.556. The van der Waals surface area contributed by atoms with E-state index in [2.05, 4.69) is 24.3 Å². The third-order valence-corrected chi connectivity index (χ3v) is 1.57. The summed E-state index contributed by atoms with van der Waals surface area (Å²) < 4.78 is 0. The van der Waals surface area contributed by atoms with Gasteiger partial charge in [-0.05, 0) is 32.1 Å². The first-order chi connectivity index (χ1) is 5.91. The molecule has 74 valence electrons. The molecule has 0 aromatic heterocycles. The topological polar surface area (TPSA) is 0 Å². The summed E-state index contributed by atoms with van der Waals surface area (Å²) in [5.41, 5.74) is 0. The van der Waals surface area contributed by atoms with Crippen LogP contribution in [0.1, 0.15) is 32.1 Å². The summed E-state index contributed by atoms with van der Waals surface area (Å²) in [4.78, 5) is 0. The fourth-order valence-corrected chi connectivity index (χ4v) is 1.02. The van der Waals surface area contributed by atoms with E-state index >= 15 is 0 Å². The first kappa shape index (κ1) is 12.7. The van der Waals surface area contributed by atoms with Gasteiger partial charge in [-0.1, -0.05) is 24.3 Å². The summed E-state index contributed by atoms with van der Waals surface area (Å²) >= 11 is -0.106. The molecule has 0 amide bonds. The molecule has 1 aliphatic rings. The van der Waals surface area contributed by atoms with Crippen molar-refractivity contribution in [1.82, 2.24) is 0 Å². The van der Waals surface area contributed by atoms with Gasteiger partial charge in [0, 0.05) is 0 Å². The zero-order chi connectivity index (χ0) is 9.07. The molecular formula is C9H14Cl2Pd. The van der Waals surface area contributed by atoms with Crippen LogP contribution in [0.25, 0.3) is 0 Å². The Morgan fingerprint density at radius 1 is 0.750 bits per heavy atom. The van der Waals surface area contributed by atoms with Crippen molar-refractivity contribution in [2.24, 2.45) is 0 Å². The van der Waals surface area contributed by atoms with E-state index in [9.17, 15) is 0 Å². The molecule has 1 rings (SSSR count). The van der Waals surface area contributed by atoms with Crippen molar-refractivity contribution < 1.29 is 15.9 Å². The van der Waals surface area contributed by atoms with Crippen molar-refractivity contribution >= 4 is 19.1 Å². The predicted octanol–water partition coefficient (Wildman–Crippen LogP) is 4.44. The van der Waals surface area contributed by atoms with Gasteiger partial charge in [0.1, 0.15) is 0 Å². The SMILES string of the molecule is C1=CCCCC=CCC1.[Cl][Pd][Cl]. The Labute approximate surface area is 91.1 Å². The van der Waals surface area contributed by atoms with Crippen molar-refractivity contribution in [3.8, 4) is 0 Å². The van der Waals surface area contributed by atoms with Crippen LogP contribution in [0.3, 0.4) is 0 Å². The number of halogens is 2. The number of hydrogen-bond donors (Lipinski definition) is 0. The second-order valence-electron chi connectivity index (χ2n) is 2.50. The van der Waals surface area contributed by atoms with Gasteiger partial charge in [0.05, 0.1) is 0 Å². The molecule has 0 fully saturated rings. The van der Waals surface area contributed by atoms with Crippen molar-refractivity contribution in [3.05, 3.63) is 24.3 Å². The molecule has 0 saturated carbocycles. The average molecular weight is 300 g/mol. The van der Waals surface area contributed by atoms with E-state index in [1.54, 1.807) is 0 Å². The van der Waals surface area contributed by atoms with Gasteiger partial charge in [-0.3, -0.25) is 0 Å². The molecule has 0 heterocycles. The minimum absolute atomic E-state index is 0.106. The molecule has 0 spiro atoms. The maximum absolute atomic E-state index is 4.81. The molecular weight excluding hydrogens is 285 g/mol. The van der Waals surface area contributed by atoms with Gasteiger partial charge in [0.25, 0.3) is 0 Å². The first-order valence-corrected chi connectivity index (χ1v) is 8.04. The molecule has 0 bridgehead atoms. The molecule has 0 unspecified atom stereocenters. The second-order valence-corrected chi connectivity index (χ2v) is 4.86. The fourth-order valence-electron chi connectivity index (χ4n) is 1.02. The van der Waals surface area contributed by atoms with E-state index in [-0.39, 0.29) is 15.9 Å². The van der Waals surface area contributed by atoms with E-state index < -0.39 is 0 Å². The van der Waals surface area contributed by atoms with Gasteiger partial charge < -0.3 is 0 Å². The molecule has 12 heavy (non-hydrogen) atoms. The summed E-state index contributed by atoms with van der Waals surface area (Å²) in [6, 6.07) is 0. The Morgan fingerprint density at radius 2 is 1.08 bits per heavy atom. The van der Waals surface area contributed by atoms with E-state index in [1.165, 1.54) is 32.1 Å². The van der Waals surface area contributed by atoms with Gasteiger partial charge in [0.2, 0.25) is 0 Å². The van der Waals surface area contributed by atoms with E-state index in [0.717, 1.165) is 0 Å². The molecule has 1 aliphatic carbocycles. The van der Waals surface area contributed by atoms with Crippen molar-refractivity contribution in [3.63, 3.8) is 0 Å². The summed E-state index contributed by atoms with van der Waals surface area (Å²) in [5.74, 6) is 0. The van der Waals surface area contributed by atoms with Crippen LogP contribution in [0.4, 0.5) is 0 Å². The van der Waals surface area contributed by atoms with Gasteiger partial charge in [0.15, 0.2) is 0 Å². The van der Waals surface area contributed by atoms with Crippen LogP contribution in [0.2, 0.25) is 0 Å². The van der Waals surface area contributed by atoms with Gasteiger partial charge in [-0.25, -0.2) is 0 Å². The van der Waals surface area contributed by atoms with E-state index in [0.29, 0.717) is 0 Å². The van der Waals surface area contributed by atoms with Crippen molar-refractivity contribution in [2.45, 2.75) is 32.1 Å². The van der Waals surface area contributed by atoms with Crippen molar-refractivity contribution in [2.75, 3.05) is 0 Å². The number of allylic oxidation sites excluding steroid dienone is 4. The molecule has 0 atom stereocenters. The molecule has 0 aromatic carbocycles. The Bertz CT molecular complexity index is 118. The Morgan fingerprint density at radius 3 is 1.50 bits per heavy atom. The number of rotatable bonds is 0. The summed E-state index contributed by atoms with van der Waals surface area (Å²) in [6.45, 7) is 0. The molecule has 0 nitrogen and oxygen atoms in total. The number of hydrogen-bond acceptors (Lipinski definition) is 0. The summed E-state index contributed by atoms with van der Waals surface area (Å²) in [5, 5.41) is 0. The monoisotopic (exact) mass is 298 g/mol. The maximum atomic E-state index is 4.81. The normalized spacial score (nSPS) is 17.2. The Hall–Kier alpha value is 0.722. The molecule has 0 saturated heterocycles. The first-order valence-electron chi connectivity index (χ1n) is 4.04. The third kappa shape index (κ3) is 10.7. The molecule has 3 heteroatoms. The van der Waals surface area contributed by atoms with Crippen LogP contribution in [0.15, 0.2) is 24.3 Å². The van der Waals surface area contributed by atoms with Crippen LogP contribution < -0.4 is 0 Å². The third-order valence-electron chi connectivity index (χ3n) is 1.57. The van der Waals surface area contributed by atoms with Crippen LogP contribution in [-0.4, -0.2) is 0 Å². The quantitative estimate of drug-likeness (QED) is 0.458. The van der Waals surface area contributed by atoms with E-state index in [1.807, 2.05) is 0 Å². The van der Waals surface area contributed by atoms with Gasteiger partial charge in [-0.15, -0.1) is 0 Å². The van der Waals surface area contributed by atoms with E-state index in [4.69, 9.17) is 19.1 Å². The van der Waals surface area contributed by atoms with Crippen LogP contribution in [-0.2, 0) is 15.9 Å². The molecule has 0 aliphatic heterocycles. The summed E-state index contributed by atoms with van der Waals surface area (Å²) in [7, 11) is 9.63. The summed E-state index contributed by atoms with van der Waals surface area (Å²) in [6.07, 6.45) is 15.5. The zero-order valence-electron chi connectivity index (χ0n) is 6.92. The predicted molar refractivity (Wildman–Crippen MR) is 53.1 cm³/mol.